The first kappa shape index (κ1) is 19.4. The van der Waals surface area contributed by atoms with Gasteiger partial charge in [-0.05, 0) is 36.6 Å². The van der Waals surface area contributed by atoms with E-state index in [0.29, 0.717) is 22.3 Å². The third-order valence-corrected chi connectivity index (χ3v) is 7.42. The van der Waals surface area contributed by atoms with Crippen LogP contribution >= 0.6 is 24.0 Å². The van der Waals surface area contributed by atoms with Crippen LogP contribution < -0.4 is 4.74 Å². The number of rotatable bonds is 6. The van der Waals surface area contributed by atoms with Gasteiger partial charge in [0.15, 0.2) is 9.84 Å². The number of nitrogens with zero attached hydrogens (tertiary/aromatic N) is 1. The molecule has 0 spiro atoms. The van der Waals surface area contributed by atoms with Gasteiger partial charge < -0.3 is 4.74 Å². The van der Waals surface area contributed by atoms with Crippen molar-refractivity contribution >= 4 is 50.1 Å². The number of hydrogen-bond acceptors (Lipinski definition) is 6. The third kappa shape index (κ3) is 4.47. The van der Waals surface area contributed by atoms with Gasteiger partial charge in [-0.1, -0.05) is 49.5 Å². The Kier molecular flexibility index (Phi) is 6.04. The van der Waals surface area contributed by atoms with Gasteiger partial charge in [0, 0.05) is 0 Å². The Bertz CT molecular complexity index is 830. The van der Waals surface area contributed by atoms with Gasteiger partial charge in [0.2, 0.25) is 0 Å². The van der Waals surface area contributed by atoms with Crippen molar-refractivity contribution in [1.29, 1.82) is 0 Å². The Balaban J connectivity index is 1.70. The van der Waals surface area contributed by atoms with Gasteiger partial charge >= 0.3 is 0 Å². The molecule has 2 aliphatic heterocycles. The number of thioether (sulfide) groups is 1. The first-order chi connectivity index (χ1) is 12.4. The largest absolute Gasteiger partial charge is 0.494 e. The minimum atomic E-state index is -3.07. The van der Waals surface area contributed by atoms with Crippen LogP contribution in [-0.4, -0.2) is 47.7 Å². The van der Waals surface area contributed by atoms with Gasteiger partial charge in [0.05, 0.1) is 29.1 Å². The van der Waals surface area contributed by atoms with Crippen LogP contribution in [0.15, 0.2) is 29.2 Å². The fourth-order valence-corrected chi connectivity index (χ4v) is 6.02. The molecule has 0 radical (unpaired) electrons. The second-order valence-corrected chi connectivity index (χ2v) is 10.3. The molecule has 0 aliphatic carbocycles. The molecule has 1 aromatic rings. The molecular weight excluding hydrogens is 390 g/mol. The number of carbonyl (C=O) groups is 1. The second-order valence-electron chi connectivity index (χ2n) is 6.38. The van der Waals surface area contributed by atoms with E-state index in [4.69, 9.17) is 17.0 Å². The van der Waals surface area contributed by atoms with Crippen LogP contribution in [0.4, 0.5) is 0 Å². The van der Waals surface area contributed by atoms with E-state index in [1.54, 1.807) is 6.08 Å². The van der Waals surface area contributed by atoms with E-state index in [-0.39, 0.29) is 23.5 Å². The van der Waals surface area contributed by atoms with Crippen LogP contribution in [-0.2, 0) is 14.6 Å². The number of carbonyl (C=O) groups excluding carboxylic acids is 1. The lowest BCUT2D eigenvalue weighted by Gasteiger charge is -2.20. The lowest BCUT2D eigenvalue weighted by atomic mass is 10.2. The molecule has 8 heteroatoms. The lowest BCUT2D eigenvalue weighted by Crippen LogP contribution is -2.39. The average Bonchev–Trinajstić information content (AvgIpc) is 3.08. The van der Waals surface area contributed by atoms with Crippen molar-refractivity contribution in [2.24, 2.45) is 0 Å². The molecule has 1 amide bonds. The van der Waals surface area contributed by atoms with Crippen LogP contribution in [0, 0.1) is 0 Å². The normalized spacial score (nSPS) is 23.8. The molecule has 3 rings (SSSR count). The van der Waals surface area contributed by atoms with Crippen molar-refractivity contribution in [3.05, 3.63) is 34.7 Å². The summed E-state index contributed by atoms with van der Waals surface area (Å²) < 4.78 is 29.5. The summed E-state index contributed by atoms with van der Waals surface area (Å²) in [5, 5.41) is 0. The van der Waals surface area contributed by atoms with Crippen LogP contribution in [0.25, 0.3) is 6.08 Å². The van der Waals surface area contributed by atoms with Gasteiger partial charge in [0.25, 0.3) is 5.91 Å². The highest BCUT2D eigenvalue weighted by atomic mass is 32.2. The molecular formula is C18H21NO4S3. The van der Waals surface area contributed by atoms with Crippen molar-refractivity contribution in [1.82, 2.24) is 4.90 Å². The van der Waals surface area contributed by atoms with Gasteiger partial charge in [-0.25, -0.2) is 8.42 Å². The monoisotopic (exact) mass is 411 g/mol. The summed E-state index contributed by atoms with van der Waals surface area (Å²) in [6, 6.07) is 7.21. The summed E-state index contributed by atoms with van der Waals surface area (Å²) in [5.74, 6) is 0.716. The molecule has 2 fully saturated rings. The van der Waals surface area contributed by atoms with Crippen molar-refractivity contribution < 1.29 is 17.9 Å². The third-order valence-electron chi connectivity index (χ3n) is 4.34. The van der Waals surface area contributed by atoms with Crippen molar-refractivity contribution in [3.8, 4) is 5.75 Å². The highest BCUT2D eigenvalue weighted by Crippen LogP contribution is 2.36. The molecule has 5 nitrogen and oxygen atoms in total. The zero-order valence-electron chi connectivity index (χ0n) is 14.5. The van der Waals surface area contributed by atoms with Gasteiger partial charge in [-0.2, -0.15) is 0 Å². The summed E-state index contributed by atoms with van der Waals surface area (Å²) in [7, 11) is -3.07. The maximum atomic E-state index is 12.7. The Morgan fingerprint density at radius 1 is 1.35 bits per heavy atom. The summed E-state index contributed by atoms with van der Waals surface area (Å²) >= 11 is 6.54. The summed E-state index contributed by atoms with van der Waals surface area (Å²) in [6.07, 6.45) is 4.34. The Morgan fingerprint density at radius 2 is 2.08 bits per heavy atom. The van der Waals surface area contributed by atoms with Crippen LogP contribution in [0.2, 0.25) is 0 Å². The topological polar surface area (TPSA) is 63.7 Å². The summed E-state index contributed by atoms with van der Waals surface area (Å²) in [4.78, 5) is 14.7. The standard InChI is InChI=1S/C18H21NO4S3/c1-2-3-9-23-15-6-4-13(5-7-15)11-16-17(20)19(18(24)25-16)14-8-10-26(21,22)12-14/h4-7,11,14H,2-3,8-10,12H2,1H3/b16-11+/t14-/m1/s1. The number of amides is 1. The fourth-order valence-electron chi connectivity index (χ4n) is 2.92. The number of hydrogen-bond donors (Lipinski definition) is 0. The molecule has 2 saturated heterocycles. The van der Waals surface area contributed by atoms with Crippen LogP contribution in [0.3, 0.4) is 0 Å². The zero-order valence-corrected chi connectivity index (χ0v) is 17.0. The van der Waals surface area contributed by atoms with Crippen LogP contribution in [0.1, 0.15) is 31.7 Å². The SMILES string of the molecule is CCCCOc1ccc(/C=C2/SC(=S)N([C@@H]3CCS(=O)(=O)C3)C2=O)cc1. The second kappa shape index (κ2) is 8.10. The maximum Gasteiger partial charge on any atom is 0.266 e. The number of unbranched alkanes of at least 4 members (excludes halogenated alkanes) is 1. The quantitative estimate of drug-likeness (QED) is 0.407. The first-order valence-corrected chi connectivity index (χ1v) is 11.6. The van der Waals surface area contributed by atoms with E-state index in [1.807, 2.05) is 24.3 Å². The molecule has 26 heavy (non-hydrogen) atoms. The molecule has 140 valence electrons. The minimum absolute atomic E-state index is 0.00346. The molecule has 1 atom stereocenters. The van der Waals surface area contributed by atoms with E-state index in [0.717, 1.165) is 24.2 Å². The van der Waals surface area contributed by atoms with E-state index >= 15 is 0 Å². The lowest BCUT2D eigenvalue weighted by molar-refractivity contribution is -0.123. The number of thiocarbonyl (C=S) groups is 1. The Labute approximate surface area is 163 Å². The molecule has 0 unspecified atom stereocenters. The van der Waals surface area contributed by atoms with E-state index in [1.165, 1.54) is 16.7 Å². The highest BCUT2D eigenvalue weighted by molar-refractivity contribution is 8.26. The summed E-state index contributed by atoms with van der Waals surface area (Å²) in [6.45, 7) is 2.81. The summed E-state index contributed by atoms with van der Waals surface area (Å²) in [5.41, 5.74) is 0.882. The molecule has 0 bridgehead atoms. The molecule has 0 saturated carbocycles. The van der Waals surface area contributed by atoms with Gasteiger partial charge in [-0.15, -0.1) is 0 Å². The molecule has 2 heterocycles. The van der Waals surface area contributed by atoms with Crippen molar-refractivity contribution in [2.45, 2.75) is 32.2 Å². The van der Waals surface area contributed by atoms with Crippen molar-refractivity contribution in [2.75, 3.05) is 18.1 Å². The van der Waals surface area contributed by atoms with E-state index in [9.17, 15) is 13.2 Å². The maximum absolute atomic E-state index is 12.7. The predicted octanol–water partition coefficient (Wildman–Crippen LogP) is 3.25. The number of ether oxygens (including phenoxy) is 1. The molecule has 0 N–H and O–H groups in total. The molecule has 1 aromatic carbocycles. The van der Waals surface area contributed by atoms with E-state index < -0.39 is 9.84 Å². The zero-order chi connectivity index (χ0) is 18.7. The van der Waals surface area contributed by atoms with Crippen molar-refractivity contribution in [3.63, 3.8) is 0 Å². The van der Waals surface area contributed by atoms with E-state index in [2.05, 4.69) is 6.92 Å². The van der Waals surface area contributed by atoms with Gasteiger partial charge in [-0.3, -0.25) is 9.69 Å². The fraction of sp³-hybridized carbons (Fsp3) is 0.444. The number of sulfone groups is 1. The first-order valence-electron chi connectivity index (χ1n) is 8.60. The van der Waals surface area contributed by atoms with Crippen LogP contribution in [0.5, 0.6) is 5.75 Å². The Morgan fingerprint density at radius 3 is 2.69 bits per heavy atom. The predicted molar refractivity (Wildman–Crippen MR) is 109 cm³/mol. The Hall–Kier alpha value is -1.38. The average molecular weight is 412 g/mol. The smallest absolute Gasteiger partial charge is 0.266 e. The molecule has 0 aromatic heterocycles. The molecule has 2 aliphatic rings. The highest BCUT2D eigenvalue weighted by Gasteiger charge is 2.42. The van der Waals surface area contributed by atoms with Gasteiger partial charge in [0.1, 0.15) is 10.1 Å². The minimum Gasteiger partial charge on any atom is -0.494 e. The number of benzene rings is 1.